The zero-order valence-electron chi connectivity index (χ0n) is 19.9. The highest BCUT2D eigenvalue weighted by atomic mass is 32.1. The molecular weight excluding hydrogens is 438 g/mol. The number of rotatable bonds is 7. The normalized spacial score (nSPS) is 19.6. The Kier molecular flexibility index (Phi) is 6.19. The number of aryl methyl sites for hydroxylation is 1. The fraction of sp³-hybridized carbons (Fsp3) is 0.321. The molecule has 1 saturated heterocycles. The number of benzene rings is 2. The van der Waals surface area contributed by atoms with Gasteiger partial charge in [-0.3, -0.25) is 0 Å². The average molecular weight is 470 g/mol. The van der Waals surface area contributed by atoms with Gasteiger partial charge in [0.25, 0.3) is 0 Å². The van der Waals surface area contributed by atoms with Crippen LogP contribution in [0.3, 0.4) is 0 Å². The maximum absolute atomic E-state index is 6.70. The largest absolute Gasteiger partial charge is 0.362 e. The zero-order valence-corrected chi connectivity index (χ0v) is 20.7. The molecule has 0 unspecified atom stereocenters. The van der Waals surface area contributed by atoms with Gasteiger partial charge in [0.1, 0.15) is 5.01 Å². The van der Waals surface area contributed by atoms with E-state index >= 15 is 0 Å². The second-order valence-electron chi connectivity index (χ2n) is 9.56. The van der Waals surface area contributed by atoms with Crippen molar-refractivity contribution in [3.63, 3.8) is 0 Å². The summed E-state index contributed by atoms with van der Waals surface area (Å²) in [6.07, 6.45) is 3.67. The molecule has 2 aliphatic rings. The molecule has 2 N–H and O–H groups in total. The second kappa shape index (κ2) is 9.28. The molecule has 2 atom stereocenters. The van der Waals surface area contributed by atoms with Crippen molar-refractivity contribution in [3.8, 4) is 0 Å². The first-order chi connectivity index (χ1) is 16.4. The number of nitrogens with two attached hydrogens (primary N) is 1. The molecule has 6 heteroatoms. The van der Waals surface area contributed by atoms with Gasteiger partial charge in [0.15, 0.2) is 0 Å². The number of aromatic nitrogens is 1. The number of nitrogens with zero attached hydrogens (tertiary/aromatic N) is 4. The third-order valence-electron chi connectivity index (χ3n) is 6.75. The van der Waals surface area contributed by atoms with Crippen LogP contribution in [0.4, 0.5) is 0 Å². The van der Waals surface area contributed by atoms with E-state index in [4.69, 9.17) is 10.7 Å². The summed E-state index contributed by atoms with van der Waals surface area (Å²) >= 11 is 1.75. The Labute approximate surface area is 205 Å². The molecular formula is C28H31N5S. The first-order valence-electron chi connectivity index (χ1n) is 11.9. The molecule has 3 aromatic rings. The molecule has 0 bridgehead atoms. The van der Waals surface area contributed by atoms with E-state index in [1.54, 1.807) is 11.3 Å². The van der Waals surface area contributed by atoms with Crippen molar-refractivity contribution in [2.45, 2.75) is 51.1 Å². The molecule has 2 aromatic carbocycles. The Balaban J connectivity index is 1.30. The SMILES string of the molecule is C=C(c1cccc(C2=NN=C([C@](C)(N)Cc3ccccc3)C2)c1)N1CCC[C@@H]1c1nc(C)cs1. The molecule has 5 rings (SSSR count). The van der Waals surface area contributed by atoms with Crippen LogP contribution in [0, 0.1) is 6.92 Å². The highest BCUT2D eigenvalue weighted by Gasteiger charge is 2.32. The van der Waals surface area contributed by atoms with E-state index in [1.165, 1.54) is 10.6 Å². The fourth-order valence-electron chi connectivity index (χ4n) is 4.86. The predicted octanol–water partition coefficient (Wildman–Crippen LogP) is 5.77. The number of hydrogen-bond acceptors (Lipinski definition) is 6. The Morgan fingerprint density at radius 1 is 1.18 bits per heavy atom. The predicted molar refractivity (Wildman–Crippen MR) is 142 cm³/mol. The van der Waals surface area contributed by atoms with Crippen molar-refractivity contribution in [3.05, 3.63) is 93.9 Å². The molecule has 0 saturated carbocycles. The van der Waals surface area contributed by atoms with Gasteiger partial charge in [0.2, 0.25) is 0 Å². The van der Waals surface area contributed by atoms with E-state index in [0.29, 0.717) is 12.5 Å². The lowest BCUT2D eigenvalue weighted by molar-refractivity contribution is 0.378. The summed E-state index contributed by atoms with van der Waals surface area (Å²) in [5.41, 5.74) is 13.6. The van der Waals surface area contributed by atoms with Crippen LogP contribution in [0.2, 0.25) is 0 Å². The maximum atomic E-state index is 6.70. The van der Waals surface area contributed by atoms with E-state index in [-0.39, 0.29) is 0 Å². The Bertz CT molecular complexity index is 1250. The molecule has 0 radical (unpaired) electrons. The maximum Gasteiger partial charge on any atom is 0.115 e. The third-order valence-corrected chi connectivity index (χ3v) is 7.81. The number of likely N-dealkylation sites (tertiary alicyclic amines) is 1. The highest BCUT2D eigenvalue weighted by Crippen LogP contribution is 2.39. The molecule has 0 spiro atoms. The van der Waals surface area contributed by atoms with Crippen LogP contribution in [0.25, 0.3) is 5.70 Å². The quantitative estimate of drug-likeness (QED) is 0.478. The van der Waals surface area contributed by atoms with Gasteiger partial charge in [-0.15, -0.1) is 11.3 Å². The van der Waals surface area contributed by atoms with E-state index in [9.17, 15) is 0 Å². The summed E-state index contributed by atoms with van der Waals surface area (Å²) in [7, 11) is 0. The topological polar surface area (TPSA) is 66.9 Å². The summed E-state index contributed by atoms with van der Waals surface area (Å²) in [4.78, 5) is 7.16. The molecule has 2 aliphatic heterocycles. The first kappa shape index (κ1) is 22.7. The lowest BCUT2D eigenvalue weighted by Gasteiger charge is -2.28. The van der Waals surface area contributed by atoms with Crippen LogP contribution in [0.1, 0.15) is 59.6 Å². The van der Waals surface area contributed by atoms with E-state index in [1.807, 2.05) is 25.1 Å². The van der Waals surface area contributed by atoms with Crippen molar-refractivity contribution in [1.82, 2.24) is 9.88 Å². The van der Waals surface area contributed by atoms with Crippen molar-refractivity contribution < 1.29 is 0 Å². The number of hydrogen-bond donors (Lipinski definition) is 1. The minimum absolute atomic E-state index is 0.310. The van der Waals surface area contributed by atoms with Gasteiger partial charge < -0.3 is 10.6 Å². The average Bonchev–Trinajstić information content (AvgIpc) is 3.59. The summed E-state index contributed by atoms with van der Waals surface area (Å²) in [5, 5.41) is 12.4. The lowest BCUT2D eigenvalue weighted by Crippen LogP contribution is -2.46. The van der Waals surface area contributed by atoms with E-state index < -0.39 is 5.54 Å². The van der Waals surface area contributed by atoms with E-state index in [2.05, 4.69) is 70.4 Å². The van der Waals surface area contributed by atoms with Crippen molar-refractivity contribution in [2.75, 3.05) is 6.54 Å². The van der Waals surface area contributed by atoms with Crippen molar-refractivity contribution >= 4 is 28.5 Å². The summed E-state index contributed by atoms with van der Waals surface area (Å²) in [6.45, 7) is 9.58. The van der Waals surface area contributed by atoms with Crippen LogP contribution >= 0.6 is 11.3 Å². The fourth-order valence-corrected chi connectivity index (χ4v) is 5.81. The van der Waals surface area contributed by atoms with Gasteiger partial charge in [0, 0.05) is 29.7 Å². The second-order valence-corrected chi connectivity index (χ2v) is 10.4. The lowest BCUT2D eigenvalue weighted by atomic mass is 9.86. The standard InChI is InChI=1S/C28H31N5S/c1-19-18-34-27(30-19)25-13-8-14-33(25)20(2)22-11-7-12-23(15-22)24-16-26(32-31-24)28(3,29)17-21-9-5-4-6-10-21/h4-7,9-12,15,18,25H,2,8,13-14,16-17,29H2,1,3H3/t25-,28-/m1/s1. The molecule has 0 amide bonds. The zero-order chi connectivity index (χ0) is 23.7. The summed E-state index contributed by atoms with van der Waals surface area (Å²) in [5.74, 6) is 0. The summed E-state index contributed by atoms with van der Waals surface area (Å²) in [6, 6.07) is 19.1. The van der Waals surface area contributed by atoms with Gasteiger partial charge in [0.05, 0.1) is 23.0 Å². The molecule has 3 heterocycles. The van der Waals surface area contributed by atoms with Gasteiger partial charge >= 0.3 is 0 Å². The van der Waals surface area contributed by atoms with Crippen LogP contribution in [0.5, 0.6) is 0 Å². The van der Waals surface area contributed by atoms with Gasteiger partial charge in [-0.1, -0.05) is 55.1 Å². The molecule has 5 nitrogen and oxygen atoms in total. The van der Waals surface area contributed by atoms with Crippen molar-refractivity contribution in [1.29, 1.82) is 0 Å². The minimum atomic E-state index is -0.539. The molecule has 174 valence electrons. The first-order valence-corrected chi connectivity index (χ1v) is 12.7. The van der Waals surface area contributed by atoms with Crippen LogP contribution in [-0.2, 0) is 6.42 Å². The number of thiazole rings is 1. The van der Waals surface area contributed by atoms with Gasteiger partial charge in [-0.2, -0.15) is 10.2 Å². The summed E-state index contributed by atoms with van der Waals surface area (Å²) < 4.78 is 0. The highest BCUT2D eigenvalue weighted by molar-refractivity contribution is 7.09. The molecule has 1 fully saturated rings. The minimum Gasteiger partial charge on any atom is -0.362 e. The molecule has 34 heavy (non-hydrogen) atoms. The Morgan fingerprint density at radius 2 is 2.00 bits per heavy atom. The third kappa shape index (κ3) is 4.61. The Morgan fingerprint density at radius 3 is 2.76 bits per heavy atom. The molecule has 1 aromatic heterocycles. The van der Waals surface area contributed by atoms with Crippen LogP contribution in [-0.4, -0.2) is 33.4 Å². The monoisotopic (exact) mass is 469 g/mol. The molecule has 0 aliphatic carbocycles. The van der Waals surface area contributed by atoms with E-state index in [0.717, 1.165) is 59.7 Å². The van der Waals surface area contributed by atoms with Crippen molar-refractivity contribution in [2.24, 2.45) is 15.9 Å². The van der Waals surface area contributed by atoms with Gasteiger partial charge in [-0.05, 0) is 55.9 Å². The Hall–Kier alpha value is -3.09. The van der Waals surface area contributed by atoms with Crippen LogP contribution in [0.15, 0.2) is 76.8 Å². The van der Waals surface area contributed by atoms with Crippen LogP contribution < -0.4 is 5.73 Å². The van der Waals surface area contributed by atoms with Gasteiger partial charge in [-0.25, -0.2) is 4.98 Å². The smallest absolute Gasteiger partial charge is 0.115 e.